The summed E-state index contributed by atoms with van der Waals surface area (Å²) in [5, 5.41) is 28.7. The van der Waals surface area contributed by atoms with Gasteiger partial charge in [-0.3, -0.25) is 4.79 Å². The van der Waals surface area contributed by atoms with Crippen molar-refractivity contribution in [2.75, 3.05) is 56.5 Å². The molecule has 0 radical (unpaired) electrons. The monoisotopic (exact) mass is 924 g/mol. The Labute approximate surface area is 394 Å². The zero-order valence-electron chi connectivity index (χ0n) is 35.6. The molecule has 0 amide bonds. The summed E-state index contributed by atoms with van der Waals surface area (Å²) in [6.45, 7) is 5.76. The van der Waals surface area contributed by atoms with Crippen LogP contribution in [-0.4, -0.2) is 64.0 Å². The maximum Gasteiger partial charge on any atom is 1.00 e. The van der Waals surface area contributed by atoms with Crippen molar-refractivity contribution in [2.45, 2.75) is 26.7 Å². The summed E-state index contributed by atoms with van der Waals surface area (Å²) in [7, 11) is 4.10. The van der Waals surface area contributed by atoms with Crippen molar-refractivity contribution >= 4 is 118 Å². The first-order chi connectivity index (χ1) is 29.9. The molecule has 12 nitrogen and oxygen atoms in total. The van der Waals surface area contributed by atoms with Crippen LogP contribution in [0.3, 0.4) is 0 Å². The van der Waals surface area contributed by atoms with Gasteiger partial charge in [-0.2, -0.15) is 17.9 Å². The molecule has 0 spiro atoms. The Balaban J connectivity index is 0.000000280. The number of carbonyl (C=O) groups excluding carboxylic acids is 4. The third kappa shape index (κ3) is 15.3. The van der Waals surface area contributed by atoms with Gasteiger partial charge in [-0.05, 0) is 43.2 Å². The van der Waals surface area contributed by atoms with E-state index in [0.29, 0.717) is 21.1 Å². The molecule has 4 N–H and O–H groups in total. The molecule has 0 fully saturated rings. The molecule has 0 aliphatic rings. The zero-order valence-corrected chi connectivity index (χ0v) is 39.0. The molecule has 326 valence electrons. The molecule has 3 heterocycles. The number of nitriles is 1. The SMILES string of the molecule is CCCNc1c(C(=O)OC)sc2ccccc12.CCCNc1c(C(=O)[O-])sc2ccccc12.COC(=O)CS.COC(=O)c1sc2ccccc2c1N.N#Cc1ccccc1F.[Li+]. The van der Waals surface area contributed by atoms with Gasteiger partial charge >= 0.3 is 36.8 Å². The van der Waals surface area contributed by atoms with E-state index in [0.717, 1.165) is 61.9 Å². The number of hydrogen-bond donors (Lipinski definition) is 4. The number of methoxy groups -OCH3 is 3. The second-order valence-electron chi connectivity index (χ2n) is 12.4. The summed E-state index contributed by atoms with van der Waals surface area (Å²) in [5.41, 5.74) is 8.03. The van der Waals surface area contributed by atoms with Crippen LogP contribution in [0.2, 0.25) is 0 Å². The second kappa shape index (κ2) is 28.2. The number of nitrogen functional groups attached to an aromatic ring is 1. The number of nitrogens with zero attached hydrogens (tertiary/aromatic N) is 1. The van der Waals surface area contributed by atoms with E-state index in [1.807, 2.05) is 79.7 Å². The van der Waals surface area contributed by atoms with Crippen molar-refractivity contribution < 1.29 is 61.7 Å². The van der Waals surface area contributed by atoms with Gasteiger partial charge in [-0.25, -0.2) is 14.0 Å². The van der Waals surface area contributed by atoms with Crippen LogP contribution in [0, 0.1) is 17.1 Å². The minimum Gasteiger partial charge on any atom is -0.544 e. The van der Waals surface area contributed by atoms with Crippen molar-refractivity contribution in [2.24, 2.45) is 0 Å². The Morgan fingerprint density at radius 1 is 0.683 bits per heavy atom. The van der Waals surface area contributed by atoms with E-state index in [4.69, 9.17) is 15.7 Å². The Morgan fingerprint density at radius 2 is 1.10 bits per heavy atom. The Hall–Kier alpha value is -5.59. The predicted molar refractivity (Wildman–Crippen MR) is 251 cm³/mol. The number of carboxylic acids is 1. The van der Waals surface area contributed by atoms with Crippen molar-refractivity contribution in [3.63, 3.8) is 0 Å². The van der Waals surface area contributed by atoms with Crippen LogP contribution < -0.4 is 40.3 Å². The molecule has 0 saturated carbocycles. The van der Waals surface area contributed by atoms with Gasteiger partial charge in [0.15, 0.2) is 0 Å². The normalized spacial score (nSPS) is 9.75. The summed E-state index contributed by atoms with van der Waals surface area (Å²) >= 11 is 7.71. The number of aromatic carboxylic acids is 1. The molecule has 18 heteroatoms. The number of nitrogens with one attached hydrogen (secondary N) is 2. The predicted octanol–water partition coefficient (Wildman–Crippen LogP) is 6.66. The molecule has 0 atom stereocenters. The summed E-state index contributed by atoms with van der Waals surface area (Å²) in [6, 6.07) is 30.9. The number of thiophene rings is 3. The Bertz CT molecular complexity index is 2620. The smallest absolute Gasteiger partial charge is 0.544 e. The first-order valence-electron chi connectivity index (χ1n) is 18.9. The Morgan fingerprint density at radius 3 is 1.49 bits per heavy atom. The van der Waals surface area contributed by atoms with Gasteiger partial charge in [0, 0.05) is 43.3 Å². The quantitative estimate of drug-likeness (QED) is 0.0495. The zero-order chi connectivity index (χ0) is 45.6. The van der Waals surface area contributed by atoms with E-state index < -0.39 is 11.8 Å². The van der Waals surface area contributed by atoms with E-state index in [2.05, 4.69) is 39.7 Å². The van der Waals surface area contributed by atoms with Gasteiger partial charge < -0.3 is 40.5 Å². The molecule has 0 bridgehead atoms. The van der Waals surface area contributed by atoms with E-state index >= 15 is 0 Å². The molecule has 63 heavy (non-hydrogen) atoms. The number of benzene rings is 4. The van der Waals surface area contributed by atoms with Crippen molar-refractivity contribution in [3.8, 4) is 6.07 Å². The first-order valence-corrected chi connectivity index (χ1v) is 22.0. The topological polar surface area (TPSA) is 193 Å². The van der Waals surface area contributed by atoms with E-state index in [9.17, 15) is 28.7 Å². The third-order valence-electron chi connectivity index (χ3n) is 8.21. The third-order valence-corrected chi connectivity index (χ3v) is 11.9. The Kier molecular flexibility index (Phi) is 23.9. The maximum absolute atomic E-state index is 12.4. The summed E-state index contributed by atoms with van der Waals surface area (Å²) in [4.78, 5) is 45.3. The molecular formula is C45H46FLiN4O8S4. The number of fused-ring (bicyclic) bond motifs is 3. The second-order valence-corrected chi connectivity index (χ2v) is 15.9. The van der Waals surface area contributed by atoms with Gasteiger partial charge in [-0.1, -0.05) is 80.6 Å². The van der Waals surface area contributed by atoms with E-state index in [1.54, 1.807) is 18.2 Å². The number of ether oxygens (including phenoxy) is 3. The standard InChI is InChI=1S/C13H15NO2S.C12H13NO2S.C10H9NO2S.C7H4FN.C3H6O2S.Li/c1-3-8-14-11-9-6-4-5-7-10(9)17-12(11)13(15)16-2;1-2-7-13-10-8-5-3-4-6-9(8)16-11(10)12(14)15;1-13-10(12)9-8(11)6-4-2-3-5-7(6)14-9;8-7-4-2-1-3-6(7)5-9;1-5-3(4)2-6;/h4-7,14H,3,8H2,1-2H3;3-6,13H,2,7H2,1H3,(H,14,15);2-5H,11H2,1H3;1-4H;6H,2H2,1H3;/q;;;;;+1/p-1. The van der Waals surface area contributed by atoms with Gasteiger partial charge in [-0.15, -0.1) is 34.0 Å². The van der Waals surface area contributed by atoms with Crippen molar-refractivity contribution in [1.29, 1.82) is 5.26 Å². The average molecular weight is 925 g/mol. The van der Waals surface area contributed by atoms with Crippen LogP contribution in [-0.2, 0) is 19.0 Å². The van der Waals surface area contributed by atoms with Crippen LogP contribution in [0.4, 0.5) is 21.5 Å². The minimum absolute atomic E-state index is 0. The van der Waals surface area contributed by atoms with Gasteiger partial charge in [0.1, 0.15) is 21.6 Å². The number of carbonyl (C=O) groups is 4. The fourth-order valence-corrected chi connectivity index (χ4v) is 8.53. The first kappa shape index (κ1) is 53.5. The number of nitrogens with two attached hydrogens (primary N) is 1. The van der Waals surface area contributed by atoms with Gasteiger partial charge in [0.2, 0.25) is 0 Å². The summed E-state index contributed by atoms with van der Waals surface area (Å²) in [6.07, 6.45) is 1.97. The summed E-state index contributed by atoms with van der Waals surface area (Å²) in [5.74, 6) is -2.34. The van der Waals surface area contributed by atoms with Crippen molar-refractivity contribution in [1.82, 2.24) is 0 Å². The van der Waals surface area contributed by atoms with Gasteiger partial charge in [0.25, 0.3) is 0 Å². The van der Waals surface area contributed by atoms with E-state index in [1.165, 1.54) is 67.5 Å². The minimum atomic E-state index is -1.11. The molecule has 0 aliphatic heterocycles. The number of hydrogen-bond acceptors (Lipinski definition) is 16. The largest absolute Gasteiger partial charge is 1.00 e. The van der Waals surface area contributed by atoms with Crippen LogP contribution in [0.5, 0.6) is 0 Å². The number of thiol groups is 1. The van der Waals surface area contributed by atoms with E-state index in [-0.39, 0.29) is 53.0 Å². The number of halogens is 1. The van der Waals surface area contributed by atoms with Crippen molar-refractivity contribution in [3.05, 3.63) is 123 Å². The fourth-order valence-electron chi connectivity index (χ4n) is 5.25. The molecule has 0 aliphatic carbocycles. The molecular weight excluding hydrogens is 879 g/mol. The number of esters is 3. The molecule has 0 saturated heterocycles. The molecule has 7 aromatic rings. The number of anilines is 3. The molecule has 3 aromatic heterocycles. The number of carboxylic acid groups (broad SMARTS) is 1. The average Bonchev–Trinajstić information content (AvgIpc) is 3.99. The molecule has 0 unspecified atom stereocenters. The molecule has 4 aromatic carbocycles. The van der Waals surface area contributed by atoms with Crippen LogP contribution in [0.25, 0.3) is 30.3 Å². The summed E-state index contributed by atoms with van der Waals surface area (Å²) < 4.78 is 29.1. The number of rotatable bonds is 10. The van der Waals surface area contributed by atoms with Crippen LogP contribution >= 0.6 is 46.6 Å². The fraction of sp³-hybridized carbons (Fsp3) is 0.222. The van der Waals surface area contributed by atoms with Crippen LogP contribution in [0.15, 0.2) is 97.1 Å². The molecule has 7 rings (SSSR count). The van der Waals surface area contributed by atoms with Crippen LogP contribution in [0.1, 0.15) is 61.3 Å². The van der Waals surface area contributed by atoms with Gasteiger partial charge in [0.05, 0.1) is 60.6 Å². The maximum atomic E-state index is 12.4.